The van der Waals surface area contributed by atoms with Crippen LogP contribution in [0.1, 0.15) is 41.0 Å². The van der Waals surface area contributed by atoms with Gasteiger partial charge in [0.2, 0.25) is 5.91 Å². The summed E-state index contributed by atoms with van der Waals surface area (Å²) in [5.74, 6) is -2.11. The summed E-state index contributed by atoms with van der Waals surface area (Å²) in [6, 6.07) is 14.7. The predicted molar refractivity (Wildman–Crippen MR) is 142 cm³/mol. The molecule has 3 aromatic rings. The summed E-state index contributed by atoms with van der Waals surface area (Å²) in [6.45, 7) is 0.133. The van der Waals surface area contributed by atoms with Crippen molar-refractivity contribution in [1.82, 2.24) is 20.2 Å². The maximum atomic E-state index is 12.9. The van der Waals surface area contributed by atoms with E-state index in [1.165, 1.54) is 7.11 Å². The second-order valence-electron chi connectivity index (χ2n) is 9.13. The highest BCUT2D eigenvalue weighted by Crippen LogP contribution is 2.34. The topological polar surface area (TPSA) is 166 Å². The SMILES string of the molecule is COC(=O)CNC(=O)c1ccc2c(c1)nc(C1(NC(=O)CCC(=O)O)C=C(N)C=CC1)n2Cc1ccccc1. The lowest BCUT2D eigenvalue weighted by atomic mass is 9.88. The van der Waals surface area contributed by atoms with Gasteiger partial charge in [0.15, 0.2) is 0 Å². The van der Waals surface area contributed by atoms with Gasteiger partial charge < -0.3 is 30.8 Å². The fourth-order valence-electron chi connectivity index (χ4n) is 4.47. The van der Waals surface area contributed by atoms with Gasteiger partial charge in [0.05, 0.1) is 24.6 Å². The molecule has 0 aliphatic heterocycles. The van der Waals surface area contributed by atoms with E-state index in [2.05, 4.69) is 15.4 Å². The number of nitrogens with two attached hydrogens (primary N) is 1. The lowest BCUT2D eigenvalue weighted by Crippen LogP contribution is -2.47. The molecule has 1 heterocycles. The van der Waals surface area contributed by atoms with Crippen LogP contribution in [0.2, 0.25) is 0 Å². The number of imidazole rings is 1. The summed E-state index contributed by atoms with van der Waals surface area (Å²) in [5.41, 5.74) is 7.91. The number of carboxylic acids is 1. The number of hydrogen-bond acceptors (Lipinski definition) is 7. The van der Waals surface area contributed by atoms with Crippen molar-refractivity contribution in [2.75, 3.05) is 13.7 Å². The van der Waals surface area contributed by atoms with E-state index in [9.17, 15) is 19.2 Å². The molecule has 1 aliphatic carbocycles. The second kappa shape index (κ2) is 11.6. The highest BCUT2D eigenvalue weighted by Gasteiger charge is 2.38. The average molecular weight is 532 g/mol. The Balaban J connectivity index is 1.81. The summed E-state index contributed by atoms with van der Waals surface area (Å²) in [4.78, 5) is 52.9. The van der Waals surface area contributed by atoms with Crippen molar-refractivity contribution in [3.05, 3.63) is 89.4 Å². The van der Waals surface area contributed by atoms with Crippen molar-refractivity contribution >= 4 is 34.8 Å². The van der Waals surface area contributed by atoms with Crippen LogP contribution in [0.3, 0.4) is 0 Å². The summed E-state index contributed by atoms with van der Waals surface area (Å²) < 4.78 is 6.52. The Labute approximate surface area is 224 Å². The van der Waals surface area contributed by atoms with Gasteiger partial charge in [0, 0.05) is 24.2 Å². The van der Waals surface area contributed by atoms with E-state index in [-0.39, 0.29) is 19.4 Å². The molecule has 1 unspecified atom stereocenters. The minimum Gasteiger partial charge on any atom is -0.481 e. The Bertz CT molecular complexity index is 1480. The zero-order chi connectivity index (χ0) is 28.0. The molecule has 0 bridgehead atoms. The smallest absolute Gasteiger partial charge is 0.325 e. The summed E-state index contributed by atoms with van der Waals surface area (Å²) in [5, 5.41) is 14.5. The number of carboxylic acid groups (broad SMARTS) is 1. The normalized spacial score (nSPS) is 16.4. The Morgan fingerprint density at radius 1 is 1.13 bits per heavy atom. The van der Waals surface area contributed by atoms with Crippen molar-refractivity contribution in [3.63, 3.8) is 0 Å². The number of carbonyl (C=O) groups excluding carboxylic acids is 3. The number of fused-ring (bicyclic) bond motifs is 1. The first kappa shape index (κ1) is 27.1. The van der Waals surface area contributed by atoms with Crippen LogP contribution in [0.5, 0.6) is 0 Å². The first-order chi connectivity index (χ1) is 18.7. The zero-order valence-corrected chi connectivity index (χ0v) is 21.3. The van der Waals surface area contributed by atoms with Crippen LogP contribution >= 0.6 is 0 Å². The molecule has 2 aromatic carbocycles. The van der Waals surface area contributed by atoms with E-state index in [0.29, 0.717) is 41.1 Å². The molecular weight excluding hydrogens is 502 g/mol. The van der Waals surface area contributed by atoms with Gasteiger partial charge in [0.1, 0.15) is 17.9 Å². The van der Waals surface area contributed by atoms with E-state index in [1.54, 1.807) is 30.4 Å². The molecule has 39 heavy (non-hydrogen) atoms. The molecule has 202 valence electrons. The second-order valence-corrected chi connectivity index (χ2v) is 9.13. The van der Waals surface area contributed by atoms with Crippen LogP contribution < -0.4 is 16.4 Å². The van der Waals surface area contributed by atoms with Gasteiger partial charge in [-0.05, 0) is 42.3 Å². The van der Waals surface area contributed by atoms with Crippen molar-refractivity contribution in [2.45, 2.75) is 31.3 Å². The van der Waals surface area contributed by atoms with Crippen LogP contribution in [0, 0.1) is 0 Å². The quantitative estimate of drug-likeness (QED) is 0.288. The van der Waals surface area contributed by atoms with E-state index < -0.39 is 29.3 Å². The van der Waals surface area contributed by atoms with Crippen molar-refractivity contribution in [2.24, 2.45) is 5.73 Å². The molecule has 0 fully saturated rings. The van der Waals surface area contributed by atoms with Crippen LogP contribution in [0.4, 0.5) is 0 Å². The molecule has 1 aromatic heterocycles. The molecule has 11 heteroatoms. The van der Waals surface area contributed by atoms with Gasteiger partial charge >= 0.3 is 11.9 Å². The highest BCUT2D eigenvalue weighted by molar-refractivity contribution is 5.98. The third-order valence-electron chi connectivity index (χ3n) is 6.31. The number of amides is 2. The van der Waals surface area contributed by atoms with E-state index >= 15 is 0 Å². The van der Waals surface area contributed by atoms with Crippen LogP contribution in [0.25, 0.3) is 11.0 Å². The number of aromatic nitrogens is 2. The lowest BCUT2D eigenvalue weighted by Gasteiger charge is -2.33. The molecule has 5 N–H and O–H groups in total. The number of nitrogens with one attached hydrogen (secondary N) is 2. The molecule has 0 saturated heterocycles. The number of esters is 1. The van der Waals surface area contributed by atoms with Gasteiger partial charge in [-0.1, -0.05) is 36.4 Å². The number of hydrogen-bond donors (Lipinski definition) is 4. The Morgan fingerprint density at radius 2 is 1.90 bits per heavy atom. The fraction of sp³-hybridized carbons (Fsp3) is 0.250. The fourth-order valence-corrected chi connectivity index (χ4v) is 4.47. The molecule has 2 amide bonds. The van der Waals surface area contributed by atoms with E-state index in [0.717, 1.165) is 5.56 Å². The highest BCUT2D eigenvalue weighted by atomic mass is 16.5. The largest absolute Gasteiger partial charge is 0.481 e. The predicted octanol–water partition coefficient (Wildman–Crippen LogP) is 1.97. The molecule has 0 saturated carbocycles. The minimum atomic E-state index is -1.16. The van der Waals surface area contributed by atoms with Crippen LogP contribution in [-0.4, -0.2) is 52.1 Å². The van der Waals surface area contributed by atoms with Gasteiger partial charge in [-0.2, -0.15) is 0 Å². The maximum absolute atomic E-state index is 12.9. The molecule has 1 atom stereocenters. The number of benzene rings is 2. The first-order valence-electron chi connectivity index (χ1n) is 12.3. The Hall–Kier alpha value is -4.93. The Kier molecular flexibility index (Phi) is 8.09. The number of carbonyl (C=O) groups is 4. The van der Waals surface area contributed by atoms with Crippen LogP contribution in [0.15, 0.2) is 72.5 Å². The van der Waals surface area contributed by atoms with Crippen molar-refractivity contribution in [1.29, 1.82) is 0 Å². The molecule has 11 nitrogen and oxygen atoms in total. The summed E-state index contributed by atoms with van der Waals surface area (Å²) in [6.07, 6.45) is 5.06. The molecular formula is C28H29N5O6. The van der Waals surface area contributed by atoms with Crippen molar-refractivity contribution in [3.8, 4) is 0 Å². The number of allylic oxidation sites excluding steroid dienone is 1. The molecule has 0 spiro atoms. The first-order valence-corrected chi connectivity index (χ1v) is 12.3. The third kappa shape index (κ3) is 6.32. The number of methoxy groups -OCH3 is 1. The molecule has 1 aliphatic rings. The van der Waals surface area contributed by atoms with Gasteiger partial charge in [0.25, 0.3) is 5.91 Å². The van der Waals surface area contributed by atoms with Crippen LogP contribution in [-0.2, 0) is 31.2 Å². The minimum absolute atomic E-state index is 0.210. The maximum Gasteiger partial charge on any atom is 0.325 e. The molecule has 0 radical (unpaired) electrons. The number of rotatable bonds is 10. The molecule has 4 rings (SSSR count). The summed E-state index contributed by atoms with van der Waals surface area (Å²) in [7, 11) is 1.24. The number of ether oxygens (including phenoxy) is 1. The van der Waals surface area contributed by atoms with E-state index in [1.807, 2.05) is 41.0 Å². The zero-order valence-electron chi connectivity index (χ0n) is 21.3. The third-order valence-corrected chi connectivity index (χ3v) is 6.31. The van der Waals surface area contributed by atoms with Gasteiger partial charge in [-0.3, -0.25) is 19.2 Å². The standard InChI is InChI=1S/C28H29N5O6/c1-39-25(37)16-30-26(38)19-9-10-22-21(14-19)31-27(33(22)17-18-6-3-2-4-7-18)28(13-5-8-20(29)15-28)32-23(34)11-12-24(35)36/h2-10,14-15H,11-13,16-17,29H2,1H3,(H,30,38)(H,32,34)(H,35,36). The number of nitrogens with zero attached hydrogens (tertiary/aromatic N) is 2. The summed E-state index contributed by atoms with van der Waals surface area (Å²) >= 11 is 0. The van der Waals surface area contributed by atoms with Crippen molar-refractivity contribution < 1.29 is 29.0 Å². The van der Waals surface area contributed by atoms with E-state index in [4.69, 9.17) is 15.8 Å². The van der Waals surface area contributed by atoms with Gasteiger partial charge in [-0.25, -0.2) is 4.98 Å². The van der Waals surface area contributed by atoms with Gasteiger partial charge in [-0.15, -0.1) is 0 Å². The lowest BCUT2D eigenvalue weighted by molar-refractivity contribution is -0.139. The average Bonchev–Trinajstić information content (AvgIpc) is 3.29. The monoisotopic (exact) mass is 531 g/mol. The number of aliphatic carboxylic acids is 1. The Morgan fingerprint density at radius 3 is 2.59 bits per heavy atom.